The molecule has 2 N–H and O–H groups in total. The standard InChI is InChI=1S/C15H23N5S.HI/c1-12-6-7-14(21-12)10-18-15(16-2)17-8-4-5-13-9-19-20(3)11-13;/h6-7,9,11H,4-5,8,10H2,1-3H3,(H2,16,17,18);1H. The molecule has 0 aliphatic rings. The first-order chi connectivity index (χ1) is 10.2. The molecule has 0 aromatic carbocycles. The molecule has 2 rings (SSSR count). The normalized spacial score (nSPS) is 11.1. The van der Waals surface area contributed by atoms with Gasteiger partial charge in [-0.3, -0.25) is 9.67 Å². The maximum absolute atomic E-state index is 4.24. The Hall–Kier alpha value is -1.09. The molecule has 0 amide bonds. The Kier molecular flexibility index (Phi) is 8.47. The fourth-order valence-corrected chi connectivity index (χ4v) is 2.90. The fraction of sp³-hybridized carbons (Fsp3) is 0.467. The smallest absolute Gasteiger partial charge is 0.191 e. The van der Waals surface area contributed by atoms with Crippen LogP contribution < -0.4 is 10.6 Å². The van der Waals surface area contributed by atoms with E-state index in [0.717, 1.165) is 31.9 Å². The summed E-state index contributed by atoms with van der Waals surface area (Å²) >= 11 is 1.81. The first kappa shape index (κ1) is 19.0. The third-order valence-corrected chi connectivity index (χ3v) is 4.14. The predicted octanol–water partition coefficient (Wildman–Crippen LogP) is 2.71. The van der Waals surface area contributed by atoms with Gasteiger partial charge in [-0.15, -0.1) is 35.3 Å². The van der Waals surface area contributed by atoms with Gasteiger partial charge in [-0.2, -0.15) is 5.10 Å². The largest absolute Gasteiger partial charge is 0.356 e. The summed E-state index contributed by atoms with van der Waals surface area (Å²) in [6.45, 7) is 3.85. The number of halogens is 1. The second-order valence-electron chi connectivity index (χ2n) is 4.99. The van der Waals surface area contributed by atoms with Crippen molar-refractivity contribution < 1.29 is 0 Å². The van der Waals surface area contributed by atoms with Crippen LogP contribution in [0.25, 0.3) is 0 Å². The minimum Gasteiger partial charge on any atom is -0.356 e. The second kappa shape index (κ2) is 9.83. The van der Waals surface area contributed by atoms with Gasteiger partial charge in [-0.25, -0.2) is 0 Å². The molecule has 7 heteroatoms. The Morgan fingerprint density at radius 2 is 2.18 bits per heavy atom. The van der Waals surface area contributed by atoms with Crippen molar-refractivity contribution in [1.82, 2.24) is 20.4 Å². The molecular formula is C15H24IN5S. The first-order valence-corrected chi connectivity index (χ1v) is 7.96. The van der Waals surface area contributed by atoms with Crippen LogP contribution in [0.15, 0.2) is 29.5 Å². The highest BCUT2D eigenvalue weighted by atomic mass is 127. The van der Waals surface area contributed by atoms with E-state index >= 15 is 0 Å². The van der Waals surface area contributed by atoms with Crippen LogP contribution in [0.1, 0.15) is 21.7 Å². The molecule has 0 saturated carbocycles. The number of guanidine groups is 1. The van der Waals surface area contributed by atoms with Crippen molar-refractivity contribution >= 4 is 41.3 Å². The third-order valence-electron chi connectivity index (χ3n) is 3.14. The Bertz CT molecular complexity index is 590. The van der Waals surface area contributed by atoms with Crippen LogP contribution in [0.5, 0.6) is 0 Å². The van der Waals surface area contributed by atoms with Crippen molar-refractivity contribution in [3.05, 3.63) is 39.8 Å². The van der Waals surface area contributed by atoms with Crippen LogP contribution in [0.3, 0.4) is 0 Å². The Morgan fingerprint density at radius 1 is 1.36 bits per heavy atom. The van der Waals surface area contributed by atoms with Gasteiger partial charge in [0.1, 0.15) is 0 Å². The molecule has 0 fully saturated rings. The zero-order valence-electron chi connectivity index (χ0n) is 13.3. The van der Waals surface area contributed by atoms with Crippen molar-refractivity contribution in [3.8, 4) is 0 Å². The van der Waals surface area contributed by atoms with Crippen molar-refractivity contribution in [2.75, 3.05) is 13.6 Å². The molecule has 5 nitrogen and oxygen atoms in total. The van der Waals surface area contributed by atoms with E-state index in [2.05, 4.69) is 46.0 Å². The van der Waals surface area contributed by atoms with Gasteiger partial charge in [0.2, 0.25) is 0 Å². The van der Waals surface area contributed by atoms with Gasteiger partial charge in [0.25, 0.3) is 0 Å². The van der Waals surface area contributed by atoms with E-state index in [1.54, 1.807) is 7.05 Å². The summed E-state index contributed by atoms with van der Waals surface area (Å²) in [7, 11) is 3.75. The minimum atomic E-state index is 0. The Balaban J connectivity index is 0.00000242. The highest BCUT2D eigenvalue weighted by Crippen LogP contribution is 2.14. The van der Waals surface area contributed by atoms with Crippen LogP contribution in [-0.4, -0.2) is 29.3 Å². The monoisotopic (exact) mass is 433 g/mol. The summed E-state index contributed by atoms with van der Waals surface area (Å²) < 4.78 is 1.84. The molecule has 22 heavy (non-hydrogen) atoms. The molecule has 122 valence electrons. The summed E-state index contributed by atoms with van der Waals surface area (Å²) in [5, 5.41) is 10.8. The van der Waals surface area contributed by atoms with E-state index in [4.69, 9.17) is 0 Å². The maximum Gasteiger partial charge on any atom is 0.191 e. The van der Waals surface area contributed by atoms with E-state index in [0.29, 0.717) is 0 Å². The maximum atomic E-state index is 4.24. The van der Waals surface area contributed by atoms with E-state index in [9.17, 15) is 0 Å². The molecule has 2 aromatic heterocycles. The SMILES string of the molecule is CN=C(NCCCc1cnn(C)c1)NCc1ccc(C)s1.I. The quantitative estimate of drug-likeness (QED) is 0.319. The molecule has 0 spiro atoms. The Morgan fingerprint density at radius 3 is 2.77 bits per heavy atom. The molecule has 0 saturated heterocycles. The molecule has 2 aromatic rings. The third kappa shape index (κ3) is 6.35. The highest BCUT2D eigenvalue weighted by Gasteiger charge is 2.01. The zero-order chi connectivity index (χ0) is 15.1. The van der Waals surface area contributed by atoms with E-state index in [-0.39, 0.29) is 24.0 Å². The van der Waals surface area contributed by atoms with Gasteiger partial charge < -0.3 is 10.6 Å². The van der Waals surface area contributed by atoms with Gasteiger partial charge in [-0.05, 0) is 37.5 Å². The van der Waals surface area contributed by atoms with Crippen LogP contribution in [0.4, 0.5) is 0 Å². The highest BCUT2D eigenvalue weighted by molar-refractivity contribution is 14.0. The van der Waals surface area contributed by atoms with E-state index in [1.807, 2.05) is 29.3 Å². The molecule has 0 aliphatic heterocycles. The summed E-state index contributed by atoms with van der Waals surface area (Å²) in [5.41, 5.74) is 1.27. The van der Waals surface area contributed by atoms with E-state index in [1.165, 1.54) is 15.3 Å². The van der Waals surface area contributed by atoms with Crippen LogP contribution in [-0.2, 0) is 20.0 Å². The average Bonchev–Trinajstić information content (AvgIpc) is 3.07. The number of thiophene rings is 1. The van der Waals surface area contributed by atoms with Crippen molar-refractivity contribution in [1.29, 1.82) is 0 Å². The lowest BCUT2D eigenvalue weighted by molar-refractivity contribution is 0.741. The number of hydrogen-bond donors (Lipinski definition) is 2. The molecule has 2 heterocycles. The van der Waals surface area contributed by atoms with Crippen LogP contribution in [0, 0.1) is 6.92 Å². The number of aromatic nitrogens is 2. The van der Waals surface area contributed by atoms with Crippen molar-refractivity contribution in [2.24, 2.45) is 12.0 Å². The summed E-state index contributed by atoms with van der Waals surface area (Å²) in [6, 6.07) is 4.30. The average molecular weight is 433 g/mol. The summed E-state index contributed by atoms with van der Waals surface area (Å²) in [4.78, 5) is 6.91. The van der Waals surface area contributed by atoms with Crippen molar-refractivity contribution in [2.45, 2.75) is 26.3 Å². The number of rotatable bonds is 6. The number of nitrogens with one attached hydrogen (secondary N) is 2. The molecule has 0 radical (unpaired) electrons. The zero-order valence-corrected chi connectivity index (χ0v) is 16.4. The lowest BCUT2D eigenvalue weighted by Crippen LogP contribution is -2.37. The molecule has 0 unspecified atom stereocenters. The van der Waals surface area contributed by atoms with Gasteiger partial charge >= 0.3 is 0 Å². The fourth-order valence-electron chi connectivity index (χ4n) is 2.07. The second-order valence-corrected chi connectivity index (χ2v) is 6.36. The molecule has 0 aliphatic carbocycles. The summed E-state index contributed by atoms with van der Waals surface area (Å²) in [6.07, 6.45) is 6.07. The number of aliphatic imine (C=N–C) groups is 1. The molecular weight excluding hydrogens is 409 g/mol. The lowest BCUT2D eigenvalue weighted by Gasteiger charge is -2.10. The molecule has 0 bridgehead atoms. The van der Waals surface area contributed by atoms with Crippen LogP contribution in [0.2, 0.25) is 0 Å². The lowest BCUT2D eigenvalue weighted by atomic mass is 10.2. The van der Waals surface area contributed by atoms with Gasteiger partial charge in [0, 0.05) is 36.6 Å². The van der Waals surface area contributed by atoms with Gasteiger partial charge in [0.15, 0.2) is 5.96 Å². The number of nitrogens with zero attached hydrogens (tertiary/aromatic N) is 3. The first-order valence-electron chi connectivity index (χ1n) is 7.14. The predicted molar refractivity (Wildman–Crippen MR) is 104 cm³/mol. The van der Waals surface area contributed by atoms with Gasteiger partial charge in [0.05, 0.1) is 12.7 Å². The molecule has 0 atom stereocenters. The van der Waals surface area contributed by atoms with E-state index < -0.39 is 0 Å². The van der Waals surface area contributed by atoms with Crippen molar-refractivity contribution in [3.63, 3.8) is 0 Å². The topological polar surface area (TPSA) is 54.2 Å². The van der Waals surface area contributed by atoms with Gasteiger partial charge in [-0.1, -0.05) is 0 Å². The minimum absolute atomic E-state index is 0. The Labute approximate surface area is 153 Å². The van der Waals surface area contributed by atoms with Crippen LogP contribution >= 0.6 is 35.3 Å². The number of hydrogen-bond acceptors (Lipinski definition) is 3. The summed E-state index contributed by atoms with van der Waals surface area (Å²) in [5.74, 6) is 0.854. The number of aryl methyl sites for hydroxylation is 3.